The summed E-state index contributed by atoms with van der Waals surface area (Å²) in [6, 6.07) is 11.0. The van der Waals surface area contributed by atoms with E-state index in [2.05, 4.69) is 22.2 Å². The number of hydrogen-bond donors (Lipinski definition) is 2. The van der Waals surface area contributed by atoms with Crippen LogP contribution in [-0.2, 0) is 22.8 Å². The lowest BCUT2D eigenvalue weighted by Crippen LogP contribution is -2.22. The standard InChI is InChI=1S/C16H20N4O2S/c1-3-12-6-4-7-13(10-12)20-16(17)19-11-14-15(23(2,21)22)8-5-9-18-14/h4-10H,3,11H2,1-2H3,(H3,17,19,20). The number of benzene rings is 1. The molecule has 0 bridgehead atoms. The van der Waals surface area contributed by atoms with Gasteiger partial charge in [-0.15, -0.1) is 0 Å². The van der Waals surface area contributed by atoms with E-state index in [0.29, 0.717) is 5.69 Å². The molecule has 23 heavy (non-hydrogen) atoms. The Kier molecular flexibility index (Phi) is 5.33. The fraction of sp³-hybridized carbons (Fsp3) is 0.250. The number of nitrogens with one attached hydrogen (secondary N) is 1. The summed E-state index contributed by atoms with van der Waals surface area (Å²) < 4.78 is 23.4. The van der Waals surface area contributed by atoms with Crippen LogP contribution in [-0.4, -0.2) is 25.6 Å². The molecule has 0 aliphatic heterocycles. The Balaban J connectivity index is 2.14. The van der Waals surface area contributed by atoms with Gasteiger partial charge in [0.2, 0.25) is 0 Å². The van der Waals surface area contributed by atoms with Gasteiger partial charge in [0.15, 0.2) is 15.8 Å². The normalized spacial score (nSPS) is 12.2. The second-order valence-corrected chi connectivity index (χ2v) is 7.08. The van der Waals surface area contributed by atoms with Gasteiger partial charge in [0.05, 0.1) is 17.1 Å². The van der Waals surface area contributed by atoms with E-state index in [4.69, 9.17) is 5.73 Å². The molecule has 0 spiro atoms. The van der Waals surface area contributed by atoms with Gasteiger partial charge in [-0.1, -0.05) is 19.1 Å². The van der Waals surface area contributed by atoms with E-state index in [1.807, 2.05) is 24.3 Å². The van der Waals surface area contributed by atoms with Crippen molar-refractivity contribution in [1.29, 1.82) is 0 Å². The summed E-state index contributed by atoms with van der Waals surface area (Å²) in [6.07, 6.45) is 3.61. The van der Waals surface area contributed by atoms with Crippen molar-refractivity contribution in [3.63, 3.8) is 0 Å². The van der Waals surface area contributed by atoms with Crippen LogP contribution in [0.2, 0.25) is 0 Å². The number of anilines is 1. The highest BCUT2D eigenvalue weighted by Gasteiger charge is 2.13. The summed E-state index contributed by atoms with van der Waals surface area (Å²) in [7, 11) is -3.34. The van der Waals surface area contributed by atoms with Gasteiger partial charge in [0.25, 0.3) is 0 Å². The molecular formula is C16H20N4O2S. The van der Waals surface area contributed by atoms with Crippen LogP contribution in [0.1, 0.15) is 18.2 Å². The molecule has 2 rings (SSSR count). The Morgan fingerprint density at radius 2 is 2.09 bits per heavy atom. The summed E-state index contributed by atoms with van der Waals surface area (Å²) in [4.78, 5) is 8.43. The van der Waals surface area contributed by atoms with Crippen LogP contribution in [0, 0.1) is 0 Å². The molecule has 2 aromatic rings. The first-order valence-electron chi connectivity index (χ1n) is 7.20. The van der Waals surface area contributed by atoms with Crippen LogP contribution in [0.3, 0.4) is 0 Å². The van der Waals surface area contributed by atoms with E-state index in [0.717, 1.165) is 18.4 Å². The molecule has 0 aliphatic rings. The Bertz CT molecular complexity index is 816. The number of nitrogens with two attached hydrogens (primary N) is 1. The molecule has 3 N–H and O–H groups in total. The number of rotatable bonds is 5. The average Bonchev–Trinajstić information content (AvgIpc) is 2.52. The number of pyridine rings is 1. The molecule has 0 atom stereocenters. The Morgan fingerprint density at radius 3 is 2.78 bits per heavy atom. The van der Waals surface area contributed by atoms with E-state index in [1.54, 1.807) is 6.07 Å². The Morgan fingerprint density at radius 1 is 1.30 bits per heavy atom. The fourth-order valence-corrected chi connectivity index (χ4v) is 2.97. The van der Waals surface area contributed by atoms with Gasteiger partial charge in [-0.25, -0.2) is 13.4 Å². The largest absolute Gasteiger partial charge is 0.370 e. The summed E-state index contributed by atoms with van der Waals surface area (Å²) >= 11 is 0. The van der Waals surface area contributed by atoms with Gasteiger partial charge in [-0.3, -0.25) is 4.98 Å². The van der Waals surface area contributed by atoms with Crippen molar-refractivity contribution in [2.24, 2.45) is 10.7 Å². The number of aliphatic imine (C=N–C) groups is 1. The highest BCUT2D eigenvalue weighted by atomic mass is 32.2. The molecule has 6 nitrogen and oxygen atoms in total. The minimum Gasteiger partial charge on any atom is -0.370 e. The second kappa shape index (κ2) is 7.23. The number of aromatic nitrogens is 1. The molecule has 1 heterocycles. The Hall–Kier alpha value is -2.41. The minimum atomic E-state index is -3.34. The predicted molar refractivity (Wildman–Crippen MR) is 92.1 cm³/mol. The van der Waals surface area contributed by atoms with Crippen molar-refractivity contribution in [2.45, 2.75) is 24.8 Å². The van der Waals surface area contributed by atoms with Crippen LogP contribution in [0.4, 0.5) is 5.69 Å². The Labute approximate surface area is 136 Å². The maximum Gasteiger partial charge on any atom is 0.193 e. The maximum atomic E-state index is 11.7. The zero-order valence-electron chi connectivity index (χ0n) is 13.2. The van der Waals surface area contributed by atoms with E-state index >= 15 is 0 Å². The van der Waals surface area contributed by atoms with Gasteiger partial charge in [-0.2, -0.15) is 0 Å². The van der Waals surface area contributed by atoms with Crippen LogP contribution in [0.25, 0.3) is 0 Å². The number of nitrogens with zero attached hydrogens (tertiary/aromatic N) is 2. The highest BCUT2D eigenvalue weighted by molar-refractivity contribution is 7.90. The third-order valence-electron chi connectivity index (χ3n) is 3.25. The molecule has 0 saturated heterocycles. The van der Waals surface area contributed by atoms with E-state index < -0.39 is 9.84 Å². The van der Waals surface area contributed by atoms with E-state index in [-0.39, 0.29) is 17.4 Å². The zero-order chi connectivity index (χ0) is 16.9. The second-order valence-electron chi connectivity index (χ2n) is 5.10. The quantitative estimate of drug-likeness (QED) is 0.644. The minimum absolute atomic E-state index is 0.0928. The van der Waals surface area contributed by atoms with E-state index in [9.17, 15) is 8.42 Å². The van der Waals surface area contributed by atoms with Gasteiger partial charge in [0.1, 0.15) is 0 Å². The molecule has 0 amide bonds. The predicted octanol–water partition coefficient (Wildman–Crippen LogP) is 1.97. The maximum absolute atomic E-state index is 11.7. The van der Waals surface area contributed by atoms with Crippen LogP contribution < -0.4 is 11.1 Å². The van der Waals surface area contributed by atoms with Crippen molar-refractivity contribution in [1.82, 2.24) is 4.98 Å². The van der Waals surface area contributed by atoms with E-state index in [1.165, 1.54) is 17.8 Å². The highest BCUT2D eigenvalue weighted by Crippen LogP contribution is 2.14. The SMILES string of the molecule is CCc1cccc(NC(N)=NCc2ncccc2S(C)(=O)=O)c1. The zero-order valence-corrected chi connectivity index (χ0v) is 14.0. The smallest absolute Gasteiger partial charge is 0.193 e. The average molecular weight is 332 g/mol. The number of aryl methyl sites for hydroxylation is 1. The van der Waals surface area contributed by atoms with Crippen molar-refractivity contribution < 1.29 is 8.42 Å². The lowest BCUT2D eigenvalue weighted by molar-refractivity contribution is 0.600. The number of hydrogen-bond acceptors (Lipinski definition) is 4. The monoisotopic (exact) mass is 332 g/mol. The lowest BCUT2D eigenvalue weighted by Gasteiger charge is -2.08. The van der Waals surface area contributed by atoms with Crippen molar-refractivity contribution in [3.05, 3.63) is 53.9 Å². The third kappa shape index (κ3) is 4.79. The number of sulfone groups is 1. The van der Waals surface area contributed by atoms with Crippen molar-refractivity contribution >= 4 is 21.5 Å². The topological polar surface area (TPSA) is 97.4 Å². The van der Waals surface area contributed by atoms with Crippen LogP contribution in [0.15, 0.2) is 52.5 Å². The summed E-state index contributed by atoms with van der Waals surface area (Å²) in [5.74, 6) is 0.211. The molecule has 7 heteroatoms. The molecule has 1 aromatic carbocycles. The van der Waals surface area contributed by atoms with Gasteiger partial charge in [-0.05, 0) is 36.2 Å². The molecule has 0 saturated carbocycles. The summed E-state index contributed by atoms with van der Waals surface area (Å²) in [5.41, 5.74) is 8.27. The van der Waals surface area contributed by atoms with Crippen LogP contribution in [0.5, 0.6) is 0 Å². The molecule has 1 aromatic heterocycles. The van der Waals surface area contributed by atoms with Crippen LogP contribution >= 0.6 is 0 Å². The fourth-order valence-electron chi connectivity index (χ4n) is 2.10. The first kappa shape index (κ1) is 17.0. The summed E-state index contributed by atoms with van der Waals surface area (Å²) in [5, 5.41) is 3.00. The van der Waals surface area contributed by atoms with Gasteiger partial charge >= 0.3 is 0 Å². The molecule has 0 aliphatic carbocycles. The molecule has 122 valence electrons. The molecular weight excluding hydrogens is 312 g/mol. The first-order valence-corrected chi connectivity index (χ1v) is 9.09. The molecule has 0 radical (unpaired) electrons. The molecule has 0 fully saturated rings. The summed E-state index contributed by atoms with van der Waals surface area (Å²) in [6.45, 7) is 2.17. The van der Waals surface area contributed by atoms with Crippen molar-refractivity contribution in [3.8, 4) is 0 Å². The lowest BCUT2D eigenvalue weighted by atomic mass is 10.1. The van der Waals surface area contributed by atoms with Gasteiger partial charge in [0, 0.05) is 18.1 Å². The first-order chi connectivity index (χ1) is 10.9. The number of guanidine groups is 1. The van der Waals surface area contributed by atoms with Crippen molar-refractivity contribution in [2.75, 3.05) is 11.6 Å². The molecule has 0 unspecified atom stereocenters. The third-order valence-corrected chi connectivity index (χ3v) is 4.43. The van der Waals surface area contributed by atoms with Gasteiger partial charge < -0.3 is 11.1 Å².